The second kappa shape index (κ2) is 3.08. The van der Waals surface area contributed by atoms with Crippen LogP contribution < -0.4 is 5.46 Å². The first kappa shape index (κ1) is 8.31. The van der Waals surface area contributed by atoms with Crippen LogP contribution in [0, 0.1) is 5.82 Å². The predicted octanol–water partition coefficient (Wildman–Crippen LogP) is 1.74. The fourth-order valence-electron chi connectivity index (χ4n) is 1.07. The molecule has 1 aromatic rings. The number of hydrogen-bond acceptors (Lipinski definition) is 0. The van der Waals surface area contributed by atoms with E-state index in [4.69, 9.17) is 7.85 Å². The maximum Gasteiger partial charge on any atom is 0.122 e. The van der Waals surface area contributed by atoms with Crippen LogP contribution in [0.15, 0.2) is 18.2 Å². The molecule has 0 unspecified atom stereocenters. The molecular formula is C9H10BF. The van der Waals surface area contributed by atoms with Gasteiger partial charge in [-0.25, -0.2) is 4.39 Å². The molecule has 1 rings (SSSR count). The third kappa shape index (κ3) is 1.82. The van der Waals surface area contributed by atoms with Crippen LogP contribution in [-0.2, 0) is 0 Å². The lowest BCUT2D eigenvalue weighted by molar-refractivity contribution is 0.627. The molecule has 0 fully saturated rings. The molecule has 0 bridgehead atoms. The van der Waals surface area contributed by atoms with Crippen LogP contribution in [0.2, 0.25) is 0 Å². The van der Waals surface area contributed by atoms with Crippen molar-refractivity contribution in [2.24, 2.45) is 0 Å². The molecule has 0 aliphatic rings. The summed E-state index contributed by atoms with van der Waals surface area (Å²) in [5, 5.41) is 0. The molecule has 1 aromatic carbocycles. The van der Waals surface area contributed by atoms with E-state index in [1.54, 1.807) is 6.07 Å². The highest BCUT2D eigenvalue weighted by atomic mass is 19.1. The zero-order chi connectivity index (χ0) is 8.43. The quantitative estimate of drug-likeness (QED) is 0.532. The lowest BCUT2D eigenvalue weighted by Crippen LogP contribution is -2.11. The maximum absolute atomic E-state index is 12.5. The highest BCUT2D eigenvalue weighted by Crippen LogP contribution is 2.11. The predicted molar refractivity (Wildman–Crippen MR) is 45.9 cm³/mol. The Morgan fingerprint density at radius 2 is 2.00 bits per heavy atom. The van der Waals surface area contributed by atoms with Gasteiger partial charge >= 0.3 is 0 Å². The molecule has 0 heterocycles. The van der Waals surface area contributed by atoms with Gasteiger partial charge in [0.15, 0.2) is 0 Å². The molecule has 0 amide bonds. The number of hydrogen-bond donors (Lipinski definition) is 0. The highest BCUT2D eigenvalue weighted by molar-refractivity contribution is 6.33. The van der Waals surface area contributed by atoms with Crippen molar-refractivity contribution in [2.45, 2.75) is 19.8 Å². The average molecular weight is 148 g/mol. The van der Waals surface area contributed by atoms with Gasteiger partial charge in [0.2, 0.25) is 0 Å². The van der Waals surface area contributed by atoms with Crippen LogP contribution in [0.3, 0.4) is 0 Å². The molecule has 11 heavy (non-hydrogen) atoms. The maximum atomic E-state index is 12.5. The SMILES string of the molecule is [B]c1cc(F)ccc1C(C)C. The van der Waals surface area contributed by atoms with E-state index in [0.29, 0.717) is 11.4 Å². The smallest absolute Gasteiger partial charge is 0.122 e. The number of halogens is 1. The minimum absolute atomic E-state index is 0.271. The van der Waals surface area contributed by atoms with Gasteiger partial charge in [0.05, 0.1) is 0 Å². The molecule has 0 aromatic heterocycles. The summed E-state index contributed by atoms with van der Waals surface area (Å²) in [5.41, 5.74) is 1.55. The number of rotatable bonds is 1. The zero-order valence-corrected chi connectivity index (χ0v) is 6.76. The Labute approximate surface area is 67.8 Å². The summed E-state index contributed by atoms with van der Waals surface area (Å²) in [6, 6.07) is 4.52. The molecule has 2 heteroatoms. The first-order valence-corrected chi connectivity index (χ1v) is 3.66. The van der Waals surface area contributed by atoms with Crippen molar-refractivity contribution < 1.29 is 4.39 Å². The van der Waals surface area contributed by atoms with Gasteiger partial charge in [0, 0.05) is 0 Å². The fourth-order valence-corrected chi connectivity index (χ4v) is 1.07. The third-order valence-electron chi connectivity index (χ3n) is 1.67. The Morgan fingerprint density at radius 3 is 2.45 bits per heavy atom. The van der Waals surface area contributed by atoms with E-state index in [1.807, 2.05) is 13.8 Å². The van der Waals surface area contributed by atoms with Crippen molar-refractivity contribution in [1.82, 2.24) is 0 Å². The molecular weight excluding hydrogens is 138 g/mol. The Hall–Kier alpha value is -0.785. The standard InChI is InChI=1S/C9H10BF/c1-6(2)8-4-3-7(11)5-9(8)10/h3-6H,1-2H3. The molecule has 0 aliphatic heterocycles. The van der Waals surface area contributed by atoms with Gasteiger partial charge in [-0.05, 0) is 18.1 Å². The molecule has 0 nitrogen and oxygen atoms in total. The summed E-state index contributed by atoms with van der Waals surface area (Å²) < 4.78 is 12.5. The van der Waals surface area contributed by atoms with Crippen LogP contribution in [0.25, 0.3) is 0 Å². The molecule has 0 atom stereocenters. The summed E-state index contributed by atoms with van der Waals surface area (Å²) in [5.74, 6) is 0.0856. The summed E-state index contributed by atoms with van der Waals surface area (Å²) in [7, 11) is 5.58. The summed E-state index contributed by atoms with van der Waals surface area (Å²) >= 11 is 0. The fraction of sp³-hybridized carbons (Fsp3) is 0.333. The molecule has 2 radical (unpaired) electrons. The monoisotopic (exact) mass is 148 g/mol. The largest absolute Gasteiger partial charge is 0.207 e. The van der Waals surface area contributed by atoms with E-state index in [1.165, 1.54) is 12.1 Å². The zero-order valence-electron chi connectivity index (χ0n) is 6.76. The lowest BCUT2D eigenvalue weighted by Gasteiger charge is -2.08. The first-order chi connectivity index (χ1) is 5.11. The molecule has 0 N–H and O–H groups in total. The Bertz CT molecular complexity index is 256. The summed E-state index contributed by atoms with van der Waals surface area (Å²) in [6.45, 7) is 4.06. The van der Waals surface area contributed by atoms with E-state index < -0.39 is 0 Å². The van der Waals surface area contributed by atoms with Gasteiger partial charge in [-0.15, -0.1) is 0 Å². The van der Waals surface area contributed by atoms with Gasteiger partial charge in [0.1, 0.15) is 13.7 Å². The van der Waals surface area contributed by atoms with Gasteiger partial charge in [-0.3, -0.25) is 0 Å². The van der Waals surface area contributed by atoms with Crippen molar-refractivity contribution in [3.63, 3.8) is 0 Å². The van der Waals surface area contributed by atoms with Crippen molar-refractivity contribution in [3.8, 4) is 0 Å². The van der Waals surface area contributed by atoms with E-state index >= 15 is 0 Å². The van der Waals surface area contributed by atoms with Gasteiger partial charge in [0.25, 0.3) is 0 Å². The molecule has 0 saturated carbocycles. The third-order valence-corrected chi connectivity index (χ3v) is 1.67. The second-order valence-corrected chi connectivity index (χ2v) is 2.93. The topological polar surface area (TPSA) is 0 Å². The molecule has 0 saturated heterocycles. The van der Waals surface area contributed by atoms with E-state index in [9.17, 15) is 4.39 Å². The van der Waals surface area contributed by atoms with Gasteiger partial charge < -0.3 is 0 Å². The van der Waals surface area contributed by atoms with Crippen LogP contribution >= 0.6 is 0 Å². The van der Waals surface area contributed by atoms with Gasteiger partial charge in [-0.2, -0.15) is 0 Å². The molecule has 0 aliphatic carbocycles. The van der Waals surface area contributed by atoms with E-state index in [2.05, 4.69) is 0 Å². The average Bonchev–Trinajstić information content (AvgIpc) is 1.85. The lowest BCUT2D eigenvalue weighted by atomic mass is 9.85. The molecule has 56 valence electrons. The van der Waals surface area contributed by atoms with Crippen molar-refractivity contribution in [1.29, 1.82) is 0 Å². The highest BCUT2D eigenvalue weighted by Gasteiger charge is 2.02. The summed E-state index contributed by atoms with van der Waals surface area (Å²) in [4.78, 5) is 0. The minimum atomic E-state index is -0.271. The Morgan fingerprint density at radius 1 is 1.36 bits per heavy atom. The Kier molecular flexibility index (Phi) is 2.33. The van der Waals surface area contributed by atoms with Crippen molar-refractivity contribution in [3.05, 3.63) is 29.6 Å². The summed E-state index contributed by atoms with van der Waals surface area (Å²) in [6.07, 6.45) is 0. The van der Waals surface area contributed by atoms with Crippen LogP contribution in [-0.4, -0.2) is 7.85 Å². The minimum Gasteiger partial charge on any atom is -0.207 e. The van der Waals surface area contributed by atoms with Crippen LogP contribution in [0.5, 0.6) is 0 Å². The van der Waals surface area contributed by atoms with Crippen LogP contribution in [0.4, 0.5) is 4.39 Å². The van der Waals surface area contributed by atoms with E-state index in [-0.39, 0.29) is 5.82 Å². The van der Waals surface area contributed by atoms with Crippen molar-refractivity contribution >= 4 is 13.3 Å². The van der Waals surface area contributed by atoms with Gasteiger partial charge in [-0.1, -0.05) is 30.9 Å². The first-order valence-electron chi connectivity index (χ1n) is 3.66. The molecule has 0 spiro atoms. The number of benzene rings is 1. The van der Waals surface area contributed by atoms with Crippen molar-refractivity contribution in [2.75, 3.05) is 0 Å². The van der Waals surface area contributed by atoms with Crippen LogP contribution in [0.1, 0.15) is 25.3 Å². The normalized spacial score (nSPS) is 10.5. The Balaban J connectivity index is 3.09. The van der Waals surface area contributed by atoms with E-state index in [0.717, 1.165) is 5.56 Å². The second-order valence-electron chi connectivity index (χ2n) is 2.93.